The highest BCUT2D eigenvalue weighted by molar-refractivity contribution is 8.13. The van der Waals surface area contributed by atoms with E-state index >= 15 is 0 Å². The summed E-state index contributed by atoms with van der Waals surface area (Å²) in [4.78, 5) is 24.9. The summed E-state index contributed by atoms with van der Waals surface area (Å²) in [5, 5.41) is 11.5. The Labute approximate surface area is 213 Å². The zero-order valence-electron chi connectivity index (χ0n) is 20.9. The number of thioether (sulfide) groups is 1. The summed E-state index contributed by atoms with van der Waals surface area (Å²) in [6.07, 6.45) is -0.637. The van der Waals surface area contributed by atoms with Crippen LogP contribution in [0.4, 0.5) is 5.95 Å². The Kier molecular flexibility index (Phi) is 7.69. The number of hydrogen-bond donors (Lipinski definition) is 2. The highest BCUT2D eigenvalue weighted by Gasteiger charge is 2.60. The molecule has 1 unspecified atom stereocenters. The standard InChI is InChI=1S/C21H32N5O8PS/c1-6-20(3,4)18(27)36-9-8-31-35(29)32-10-12-14(34-35)21(5,28)17(33-12)26-11-23-13-15(26)24-19(22)25-16(13)30-7-2/h11-12,14,17,28H,6-10H2,1-5H3,(H2,22,24,25)/t12-,14-,17-,21-,35?/m1/s1. The topological polar surface area (TPSA) is 170 Å². The first-order valence-electron chi connectivity index (χ1n) is 11.7. The Morgan fingerprint density at radius 1 is 1.42 bits per heavy atom. The molecule has 4 rings (SSSR count). The van der Waals surface area contributed by atoms with Gasteiger partial charge >= 0.3 is 7.82 Å². The number of imidazole rings is 1. The molecule has 2 aliphatic rings. The van der Waals surface area contributed by atoms with Gasteiger partial charge in [0.15, 0.2) is 22.5 Å². The third kappa shape index (κ3) is 5.13. The number of carbonyl (C=O) groups is 1. The lowest BCUT2D eigenvalue weighted by atomic mass is 9.92. The SMILES string of the molecule is CCOc1nc(N)nc2c1ncn2[C@@H]1O[C@@H]2COP(=O)(OCCSC(=O)C(C)(C)CC)O[C@H]2[C@@]1(C)O. The number of carbonyl (C=O) groups excluding carboxylic acids is 1. The molecule has 2 aromatic rings. The average Bonchev–Trinajstić information content (AvgIpc) is 3.34. The van der Waals surface area contributed by atoms with Crippen LogP contribution in [-0.2, 0) is 27.7 Å². The van der Waals surface area contributed by atoms with Crippen LogP contribution in [0.1, 0.15) is 47.3 Å². The van der Waals surface area contributed by atoms with Crippen LogP contribution < -0.4 is 10.5 Å². The fraction of sp³-hybridized carbons (Fsp3) is 0.714. The number of phosphoric ester groups is 1. The first-order chi connectivity index (χ1) is 16.9. The molecule has 0 radical (unpaired) electrons. The predicted octanol–water partition coefficient (Wildman–Crippen LogP) is 2.69. The van der Waals surface area contributed by atoms with E-state index in [0.29, 0.717) is 24.2 Å². The molecule has 2 saturated heterocycles. The normalized spacial score (nSPS) is 30.4. The van der Waals surface area contributed by atoms with E-state index in [1.54, 1.807) is 6.92 Å². The molecule has 3 N–H and O–H groups in total. The lowest BCUT2D eigenvalue weighted by molar-refractivity contribution is -0.118. The van der Waals surface area contributed by atoms with Gasteiger partial charge in [0, 0.05) is 11.2 Å². The zero-order chi connectivity index (χ0) is 26.3. The number of nitrogen functional groups attached to an aromatic ring is 1. The van der Waals surface area contributed by atoms with Crippen molar-refractivity contribution in [3.05, 3.63) is 6.33 Å². The van der Waals surface area contributed by atoms with Crippen LogP contribution in [0.25, 0.3) is 11.2 Å². The summed E-state index contributed by atoms with van der Waals surface area (Å²) in [7, 11) is -4.00. The summed E-state index contributed by atoms with van der Waals surface area (Å²) in [6.45, 7) is 9.19. The van der Waals surface area contributed by atoms with Gasteiger partial charge in [-0.3, -0.25) is 22.9 Å². The van der Waals surface area contributed by atoms with E-state index in [1.807, 2.05) is 20.8 Å². The van der Waals surface area contributed by atoms with Crippen LogP contribution >= 0.6 is 19.6 Å². The fourth-order valence-electron chi connectivity index (χ4n) is 3.88. The van der Waals surface area contributed by atoms with Gasteiger partial charge in [0.1, 0.15) is 17.8 Å². The van der Waals surface area contributed by atoms with E-state index in [9.17, 15) is 14.5 Å². The van der Waals surface area contributed by atoms with Crippen LogP contribution in [0.15, 0.2) is 6.33 Å². The average molecular weight is 546 g/mol. The Hall–Kier alpha value is -1.80. The number of nitrogens with zero attached hydrogens (tertiary/aromatic N) is 4. The number of ether oxygens (including phenoxy) is 2. The minimum absolute atomic E-state index is 0.0249. The van der Waals surface area contributed by atoms with Crippen molar-refractivity contribution in [3.63, 3.8) is 0 Å². The molecule has 200 valence electrons. The second-order valence-electron chi connectivity index (χ2n) is 9.37. The highest BCUT2D eigenvalue weighted by Crippen LogP contribution is 2.58. The molecule has 2 aromatic heterocycles. The van der Waals surface area contributed by atoms with Crippen molar-refractivity contribution in [3.8, 4) is 5.88 Å². The molecule has 2 aliphatic heterocycles. The van der Waals surface area contributed by atoms with Crippen LogP contribution in [0.3, 0.4) is 0 Å². The van der Waals surface area contributed by atoms with Crippen LogP contribution in [0.5, 0.6) is 5.88 Å². The maximum absolute atomic E-state index is 13.1. The minimum Gasteiger partial charge on any atom is -0.476 e. The van der Waals surface area contributed by atoms with E-state index < -0.39 is 37.3 Å². The summed E-state index contributed by atoms with van der Waals surface area (Å²) in [5.74, 6) is 0.469. The summed E-state index contributed by atoms with van der Waals surface area (Å²) < 4.78 is 42.6. The Morgan fingerprint density at radius 3 is 2.86 bits per heavy atom. The molecule has 0 aliphatic carbocycles. The smallest absolute Gasteiger partial charge is 0.475 e. The van der Waals surface area contributed by atoms with E-state index in [-0.39, 0.29) is 35.9 Å². The number of anilines is 1. The first kappa shape index (κ1) is 27.2. The maximum Gasteiger partial charge on any atom is 0.475 e. The van der Waals surface area contributed by atoms with Crippen molar-refractivity contribution in [1.29, 1.82) is 0 Å². The van der Waals surface area contributed by atoms with E-state index in [0.717, 1.165) is 11.8 Å². The Balaban J connectivity index is 1.46. The largest absolute Gasteiger partial charge is 0.476 e. The molecule has 0 saturated carbocycles. The number of aliphatic hydroxyl groups is 1. The number of hydrogen-bond acceptors (Lipinski definition) is 13. The molecule has 15 heteroatoms. The molecule has 36 heavy (non-hydrogen) atoms. The second-order valence-corrected chi connectivity index (χ2v) is 12.1. The van der Waals surface area contributed by atoms with Crippen molar-refractivity contribution < 1.29 is 37.5 Å². The van der Waals surface area contributed by atoms with Gasteiger partial charge in [0.25, 0.3) is 0 Å². The maximum atomic E-state index is 13.1. The quantitative estimate of drug-likeness (QED) is 0.348. The van der Waals surface area contributed by atoms with Crippen LogP contribution in [0, 0.1) is 5.41 Å². The van der Waals surface area contributed by atoms with E-state index in [4.69, 9.17) is 28.8 Å². The van der Waals surface area contributed by atoms with Crippen LogP contribution in [0.2, 0.25) is 0 Å². The monoisotopic (exact) mass is 545 g/mol. The van der Waals surface area contributed by atoms with Crippen LogP contribution in [-0.4, -0.2) is 73.1 Å². The molecule has 13 nitrogen and oxygen atoms in total. The number of nitrogens with two attached hydrogens (primary N) is 1. The molecular weight excluding hydrogens is 513 g/mol. The number of rotatable bonds is 9. The Bertz CT molecular complexity index is 1170. The third-order valence-corrected chi connectivity index (χ3v) is 8.93. The molecule has 5 atom stereocenters. The zero-order valence-corrected chi connectivity index (χ0v) is 22.6. The van der Waals surface area contributed by atoms with Crippen molar-refractivity contribution in [2.45, 2.75) is 65.1 Å². The summed E-state index contributed by atoms with van der Waals surface area (Å²) >= 11 is 1.11. The lowest BCUT2D eigenvalue weighted by Gasteiger charge is -2.35. The molecule has 0 amide bonds. The second kappa shape index (κ2) is 10.2. The van der Waals surface area contributed by atoms with Gasteiger partial charge in [-0.05, 0) is 20.3 Å². The van der Waals surface area contributed by atoms with Gasteiger partial charge < -0.3 is 20.3 Å². The molecule has 4 heterocycles. The van der Waals surface area contributed by atoms with Gasteiger partial charge in [-0.1, -0.05) is 32.5 Å². The van der Waals surface area contributed by atoms with Crippen molar-refractivity contribution >= 4 is 41.8 Å². The van der Waals surface area contributed by atoms with E-state index in [2.05, 4.69) is 15.0 Å². The molecule has 0 aromatic carbocycles. The van der Waals surface area contributed by atoms with Gasteiger partial charge in [0.2, 0.25) is 11.8 Å². The lowest BCUT2D eigenvalue weighted by Crippen LogP contribution is -2.47. The van der Waals surface area contributed by atoms with Gasteiger partial charge in [0.05, 0.1) is 26.1 Å². The predicted molar refractivity (Wildman–Crippen MR) is 131 cm³/mol. The molecular formula is C21H32N5O8PS. The van der Waals surface area contributed by atoms with Crippen molar-refractivity contribution in [2.24, 2.45) is 5.41 Å². The van der Waals surface area contributed by atoms with Crippen molar-refractivity contribution in [1.82, 2.24) is 19.5 Å². The van der Waals surface area contributed by atoms with E-state index in [1.165, 1.54) is 17.8 Å². The summed E-state index contributed by atoms with van der Waals surface area (Å²) in [6, 6.07) is 0. The molecule has 0 spiro atoms. The van der Waals surface area contributed by atoms with Gasteiger partial charge in [-0.15, -0.1) is 0 Å². The summed E-state index contributed by atoms with van der Waals surface area (Å²) in [5.41, 5.74) is 4.38. The number of phosphoric acid groups is 1. The highest BCUT2D eigenvalue weighted by atomic mass is 32.2. The number of aromatic nitrogens is 4. The fourth-order valence-corrected chi connectivity index (χ4v) is 6.36. The Morgan fingerprint density at radius 2 is 2.17 bits per heavy atom. The van der Waals surface area contributed by atoms with Crippen molar-refractivity contribution in [2.75, 3.05) is 31.3 Å². The molecule has 2 fully saturated rings. The number of fused-ring (bicyclic) bond motifs is 2. The first-order valence-corrected chi connectivity index (χ1v) is 14.1. The third-order valence-electron chi connectivity index (χ3n) is 6.30. The van der Waals surface area contributed by atoms with Gasteiger partial charge in [-0.2, -0.15) is 9.97 Å². The minimum atomic E-state index is -4.00. The van der Waals surface area contributed by atoms with Gasteiger partial charge in [-0.25, -0.2) is 9.55 Å². The molecule has 0 bridgehead atoms.